The predicted molar refractivity (Wildman–Crippen MR) is 126 cm³/mol. The number of amides is 1. The molecule has 11 heteroatoms. The van der Waals surface area contributed by atoms with Crippen molar-refractivity contribution in [2.45, 2.75) is 78.3 Å². The molecule has 0 radical (unpaired) electrons. The van der Waals surface area contributed by atoms with Crippen LogP contribution in [0.25, 0.3) is 0 Å². The number of rotatable bonds is 13. The fraction of sp³-hybridized carbons (Fsp3) is 0.812. The summed E-state index contributed by atoms with van der Waals surface area (Å²) in [4.78, 5) is 11.5. The molecule has 0 saturated heterocycles. The number of carbonyl (C=O) groups excluding carboxylic acids is 1. The van der Waals surface area contributed by atoms with Gasteiger partial charge >= 0.3 is 9.05 Å². The summed E-state index contributed by atoms with van der Waals surface area (Å²) in [5.74, 6) is -0.0903. The molecule has 0 aromatic carbocycles. The summed E-state index contributed by atoms with van der Waals surface area (Å²) in [5, 5.41) is 2.86. The van der Waals surface area contributed by atoms with Crippen LogP contribution < -0.4 is 5.32 Å². The standard InChI is InChI=1S/C16H41NO5Si5/c1-15(2)16(18)17-13-12-14-23-19-27(20-24(3,4)5,21-25(6,7)8)22-26(9,10)11/h1,12-14,23H2,2-11H3,(H,17,18). The topological polar surface area (TPSA) is 66.0 Å². The Morgan fingerprint density at radius 2 is 1.30 bits per heavy atom. The van der Waals surface area contributed by atoms with Crippen LogP contribution in [0.3, 0.4) is 0 Å². The van der Waals surface area contributed by atoms with Gasteiger partial charge in [-0.05, 0) is 78.3 Å². The van der Waals surface area contributed by atoms with Crippen molar-refractivity contribution in [2.24, 2.45) is 0 Å². The molecule has 0 fully saturated rings. The largest absolute Gasteiger partial charge is 0.636 e. The molecule has 0 rings (SSSR count). The van der Waals surface area contributed by atoms with Crippen LogP contribution in [0.2, 0.25) is 65.0 Å². The highest BCUT2D eigenvalue weighted by Crippen LogP contribution is 2.26. The average Bonchev–Trinajstić information content (AvgIpc) is 2.35. The van der Waals surface area contributed by atoms with Crippen molar-refractivity contribution in [3.05, 3.63) is 12.2 Å². The zero-order valence-corrected chi connectivity index (χ0v) is 24.5. The number of carbonyl (C=O) groups is 1. The third kappa shape index (κ3) is 14.7. The van der Waals surface area contributed by atoms with Crippen LogP contribution in [0.5, 0.6) is 0 Å². The Kier molecular flexibility index (Phi) is 10.8. The Morgan fingerprint density at radius 1 is 0.889 bits per heavy atom. The van der Waals surface area contributed by atoms with E-state index in [0.717, 1.165) is 12.5 Å². The lowest BCUT2D eigenvalue weighted by Crippen LogP contribution is -2.62. The quantitative estimate of drug-likeness (QED) is 0.255. The van der Waals surface area contributed by atoms with Gasteiger partial charge in [0.05, 0.1) is 0 Å². The maximum atomic E-state index is 11.5. The van der Waals surface area contributed by atoms with Gasteiger partial charge in [-0.2, -0.15) is 0 Å². The SMILES string of the molecule is C=C(C)C(=O)NCCC[SiH2]O[Si](O[Si](C)(C)C)(O[Si](C)(C)C)O[Si](C)(C)C. The van der Waals surface area contributed by atoms with Crippen LogP contribution in [0, 0.1) is 0 Å². The number of nitrogens with one attached hydrogen (secondary N) is 1. The minimum absolute atomic E-state index is 0.0903. The maximum Gasteiger partial charge on any atom is 0.636 e. The Balaban J connectivity index is 5.00. The van der Waals surface area contributed by atoms with Gasteiger partial charge in [0.25, 0.3) is 0 Å². The normalized spacial score (nSPS) is 14.0. The van der Waals surface area contributed by atoms with Gasteiger partial charge in [0.2, 0.25) is 5.91 Å². The summed E-state index contributed by atoms with van der Waals surface area (Å²) >= 11 is 0. The van der Waals surface area contributed by atoms with Crippen molar-refractivity contribution < 1.29 is 21.3 Å². The molecule has 0 aliphatic heterocycles. The molecule has 6 nitrogen and oxygen atoms in total. The van der Waals surface area contributed by atoms with Crippen LogP contribution in [-0.2, 0) is 21.3 Å². The second kappa shape index (κ2) is 10.8. The van der Waals surface area contributed by atoms with Crippen LogP contribution in [0.15, 0.2) is 12.2 Å². The Morgan fingerprint density at radius 3 is 1.63 bits per heavy atom. The molecular weight excluding hydrogens is 427 g/mol. The highest BCUT2D eigenvalue weighted by molar-refractivity contribution is 6.88. The van der Waals surface area contributed by atoms with E-state index in [-0.39, 0.29) is 5.91 Å². The molecule has 1 amide bonds. The van der Waals surface area contributed by atoms with E-state index in [4.69, 9.17) is 16.5 Å². The van der Waals surface area contributed by atoms with Crippen LogP contribution >= 0.6 is 0 Å². The number of hydrogen-bond donors (Lipinski definition) is 1. The Labute approximate surface area is 173 Å². The lowest BCUT2D eigenvalue weighted by Gasteiger charge is -2.41. The van der Waals surface area contributed by atoms with Gasteiger partial charge in [0.15, 0.2) is 34.7 Å². The van der Waals surface area contributed by atoms with Gasteiger partial charge in [-0.3, -0.25) is 4.79 Å². The first kappa shape index (κ1) is 27.1. The fourth-order valence-corrected chi connectivity index (χ4v) is 17.0. The molecule has 1 N–H and O–H groups in total. The van der Waals surface area contributed by atoms with E-state index in [1.54, 1.807) is 6.92 Å². The van der Waals surface area contributed by atoms with E-state index < -0.39 is 43.8 Å². The Hall–Kier alpha value is 0.134. The van der Waals surface area contributed by atoms with Crippen LogP contribution in [0.1, 0.15) is 13.3 Å². The van der Waals surface area contributed by atoms with Crippen molar-refractivity contribution in [3.8, 4) is 0 Å². The van der Waals surface area contributed by atoms with E-state index in [1.807, 2.05) is 0 Å². The first-order valence-electron chi connectivity index (χ1n) is 9.63. The summed E-state index contributed by atoms with van der Waals surface area (Å²) in [6.45, 7) is 25.3. The highest BCUT2D eigenvalue weighted by Gasteiger charge is 2.53. The zero-order chi connectivity index (χ0) is 21.5. The lowest BCUT2D eigenvalue weighted by molar-refractivity contribution is -0.117. The molecule has 0 atom stereocenters. The first-order chi connectivity index (χ1) is 11.9. The predicted octanol–water partition coefficient (Wildman–Crippen LogP) is 3.58. The van der Waals surface area contributed by atoms with Crippen molar-refractivity contribution in [3.63, 3.8) is 0 Å². The summed E-state index contributed by atoms with van der Waals surface area (Å²) in [6, 6.07) is 0.935. The van der Waals surface area contributed by atoms with Crippen molar-refractivity contribution in [1.82, 2.24) is 5.32 Å². The van der Waals surface area contributed by atoms with E-state index in [0.29, 0.717) is 12.1 Å². The molecule has 0 aromatic heterocycles. The van der Waals surface area contributed by atoms with Gasteiger partial charge in [0, 0.05) is 12.1 Å². The average molecular weight is 468 g/mol. The lowest BCUT2D eigenvalue weighted by atomic mass is 10.3. The summed E-state index contributed by atoms with van der Waals surface area (Å²) in [5.41, 5.74) is 0.533. The monoisotopic (exact) mass is 467 g/mol. The van der Waals surface area contributed by atoms with E-state index in [1.165, 1.54) is 0 Å². The summed E-state index contributed by atoms with van der Waals surface area (Å²) in [6.07, 6.45) is 0.878. The minimum atomic E-state index is -3.16. The molecule has 160 valence electrons. The highest BCUT2D eigenvalue weighted by atomic mass is 28.5. The van der Waals surface area contributed by atoms with E-state index in [9.17, 15) is 4.79 Å². The second-order valence-electron chi connectivity index (χ2n) is 9.74. The first-order valence-corrected chi connectivity index (χ1v) is 23.1. The molecule has 0 aromatic rings. The second-order valence-corrected chi connectivity index (χ2v) is 28.1. The maximum absolute atomic E-state index is 11.5. The summed E-state index contributed by atoms with van der Waals surface area (Å²) < 4.78 is 25.9. The van der Waals surface area contributed by atoms with Crippen LogP contribution in [0.4, 0.5) is 0 Å². The molecule has 0 unspecified atom stereocenters. The van der Waals surface area contributed by atoms with E-state index in [2.05, 4.69) is 70.8 Å². The molecule has 0 spiro atoms. The molecule has 0 aliphatic carbocycles. The molecule has 0 heterocycles. The van der Waals surface area contributed by atoms with Crippen molar-refractivity contribution in [2.75, 3.05) is 6.54 Å². The van der Waals surface area contributed by atoms with Crippen molar-refractivity contribution in [1.29, 1.82) is 0 Å². The molecule has 0 aliphatic rings. The fourth-order valence-electron chi connectivity index (χ4n) is 2.05. The van der Waals surface area contributed by atoms with E-state index >= 15 is 0 Å². The third-order valence-electron chi connectivity index (χ3n) is 2.82. The van der Waals surface area contributed by atoms with Gasteiger partial charge < -0.3 is 21.8 Å². The molecular formula is C16H41NO5Si5. The van der Waals surface area contributed by atoms with Gasteiger partial charge in [-0.1, -0.05) is 6.58 Å². The van der Waals surface area contributed by atoms with Crippen molar-refractivity contribution >= 4 is 49.7 Å². The third-order valence-corrected chi connectivity index (χ3v) is 16.2. The van der Waals surface area contributed by atoms with Gasteiger partial charge in [0.1, 0.15) is 0 Å². The zero-order valence-electron chi connectivity index (χ0n) is 19.1. The van der Waals surface area contributed by atoms with Gasteiger partial charge in [-0.25, -0.2) is 0 Å². The smallest absolute Gasteiger partial charge is 0.401 e. The summed E-state index contributed by atoms with van der Waals surface area (Å²) in [7, 11) is -9.77. The number of hydrogen-bond acceptors (Lipinski definition) is 5. The molecule has 0 bridgehead atoms. The van der Waals surface area contributed by atoms with Gasteiger partial charge in [-0.15, -0.1) is 0 Å². The molecule has 0 saturated carbocycles. The molecule has 27 heavy (non-hydrogen) atoms. The Bertz CT molecular complexity index is 456. The minimum Gasteiger partial charge on any atom is -0.401 e. The van der Waals surface area contributed by atoms with Crippen LogP contribution in [-0.4, -0.2) is 56.2 Å².